The van der Waals surface area contributed by atoms with Crippen LogP contribution in [-0.4, -0.2) is 115 Å². The van der Waals surface area contributed by atoms with Crippen LogP contribution in [0.4, 0.5) is 0 Å². The van der Waals surface area contributed by atoms with Crippen LogP contribution in [0.15, 0.2) is 54.6 Å². The first kappa shape index (κ1) is 42.3. The van der Waals surface area contributed by atoms with Gasteiger partial charge in [0.15, 0.2) is 0 Å². The molecule has 0 atom stereocenters. The van der Waals surface area contributed by atoms with Crippen LogP contribution in [0, 0.1) is 0 Å². The third-order valence-electron chi connectivity index (χ3n) is 6.77. The van der Waals surface area contributed by atoms with E-state index in [-0.39, 0.29) is 52.7 Å². The molecule has 6 amide bonds. The smallest absolute Gasteiger partial charge is 0.253 e. The molecule has 0 saturated carbocycles. The van der Waals surface area contributed by atoms with Gasteiger partial charge in [-0.05, 0) is 36.2 Å². The first-order chi connectivity index (χ1) is 23.1. The molecule has 0 fully saturated rings. The fourth-order valence-corrected chi connectivity index (χ4v) is 4.41. The number of thiol groups is 3. The average Bonchev–Trinajstić information content (AvgIpc) is 3.13. The molecule has 0 aliphatic carbocycles. The molecular weight excluding hydrogens is 673 g/mol. The van der Waals surface area contributed by atoms with Crippen molar-refractivity contribution in [3.05, 3.63) is 71.3 Å². The molecule has 0 unspecified atom stereocenters. The lowest BCUT2D eigenvalue weighted by atomic mass is 10.1. The zero-order valence-corrected chi connectivity index (χ0v) is 30.3. The summed E-state index contributed by atoms with van der Waals surface area (Å²) in [6.45, 7) is 6.69. The monoisotopic (exact) mass is 720 g/mol. The maximum atomic E-state index is 12.7. The number of hydrogen-bond acceptors (Lipinski definition) is 9. The van der Waals surface area contributed by atoms with Gasteiger partial charge >= 0.3 is 0 Å². The lowest BCUT2D eigenvalue weighted by Crippen LogP contribution is -2.43. The van der Waals surface area contributed by atoms with Crippen LogP contribution in [0.3, 0.4) is 0 Å². The molecule has 2 rings (SSSR count). The van der Waals surface area contributed by atoms with Crippen molar-refractivity contribution in [2.45, 2.75) is 26.7 Å². The maximum absolute atomic E-state index is 12.7. The number of amides is 6. The Morgan fingerprint density at radius 1 is 0.521 bits per heavy atom. The van der Waals surface area contributed by atoms with E-state index in [0.717, 1.165) is 6.42 Å². The van der Waals surface area contributed by atoms with Crippen molar-refractivity contribution >= 4 is 73.3 Å². The Balaban J connectivity index is 0.000000482. The number of benzene rings is 2. The molecule has 264 valence electrons. The van der Waals surface area contributed by atoms with Gasteiger partial charge in [0, 0.05) is 69.9 Å². The Kier molecular flexibility index (Phi) is 22.4. The van der Waals surface area contributed by atoms with Gasteiger partial charge in [-0.2, -0.15) is 37.9 Å². The van der Waals surface area contributed by atoms with Gasteiger partial charge in [-0.1, -0.05) is 44.2 Å². The highest BCUT2D eigenvalue weighted by atomic mass is 32.1. The molecule has 0 heterocycles. The number of carbonyl (C=O) groups is 6. The normalized spacial score (nSPS) is 10.1. The summed E-state index contributed by atoms with van der Waals surface area (Å²) in [5.74, 6) is -0.564. The second-order valence-electron chi connectivity index (χ2n) is 10.2. The summed E-state index contributed by atoms with van der Waals surface area (Å²) < 4.78 is 0. The zero-order chi connectivity index (χ0) is 35.7. The predicted molar refractivity (Wildman–Crippen MR) is 198 cm³/mol. The van der Waals surface area contributed by atoms with Crippen LogP contribution in [-0.2, 0) is 25.6 Å². The van der Waals surface area contributed by atoms with Crippen molar-refractivity contribution in [1.29, 1.82) is 0 Å². The van der Waals surface area contributed by atoms with E-state index in [0.29, 0.717) is 69.9 Å². The first-order valence-electron chi connectivity index (χ1n) is 15.7. The van der Waals surface area contributed by atoms with Crippen LogP contribution < -0.4 is 21.3 Å². The fraction of sp³-hybridized carbons (Fsp3) is 0.455. The predicted octanol–water partition coefficient (Wildman–Crippen LogP) is 1.48. The second kappa shape index (κ2) is 25.3. The largest absolute Gasteiger partial charge is 0.354 e. The van der Waals surface area contributed by atoms with Gasteiger partial charge in [0.2, 0.25) is 23.6 Å². The van der Waals surface area contributed by atoms with Crippen LogP contribution in [0.5, 0.6) is 0 Å². The molecule has 4 N–H and O–H groups in total. The quantitative estimate of drug-likeness (QED) is 0.109. The minimum Gasteiger partial charge on any atom is -0.354 e. The third-order valence-corrected chi connectivity index (χ3v) is 7.63. The van der Waals surface area contributed by atoms with Gasteiger partial charge in [0.25, 0.3) is 11.8 Å². The SMILES string of the molecule is CCC(=O)NCCN(CCNC(=O)CS)C(=O)c1ccc(CC)cc1.O=C(CS)NCCN(CCNC(=O)CS)C(=O)c1ccccc1. The van der Waals surface area contributed by atoms with E-state index in [9.17, 15) is 28.8 Å². The highest BCUT2D eigenvalue weighted by Gasteiger charge is 2.17. The summed E-state index contributed by atoms with van der Waals surface area (Å²) in [7, 11) is 0. The van der Waals surface area contributed by atoms with Gasteiger partial charge in [0.05, 0.1) is 17.3 Å². The summed E-state index contributed by atoms with van der Waals surface area (Å²) in [6.07, 6.45) is 1.32. The number of rotatable bonds is 19. The molecule has 2 aromatic carbocycles. The van der Waals surface area contributed by atoms with Crippen LogP contribution in [0.25, 0.3) is 0 Å². The summed E-state index contributed by atoms with van der Waals surface area (Å²) in [5.41, 5.74) is 2.33. The lowest BCUT2D eigenvalue weighted by molar-refractivity contribution is -0.121. The molecule has 48 heavy (non-hydrogen) atoms. The minimum atomic E-state index is -0.191. The van der Waals surface area contributed by atoms with Gasteiger partial charge in [0.1, 0.15) is 0 Å². The van der Waals surface area contributed by atoms with E-state index < -0.39 is 0 Å². The number of carbonyl (C=O) groups excluding carboxylic acids is 6. The average molecular weight is 721 g/mol. The Morgan fingerprint density at radius 3 is 1.21 bits per heavy atom. The van der Waals surface area contributed by atoms with Gasteiger partial charge in [-0.25, -0.2) is 0 Å². The Morgan fingerprint density at radius 2 is 0.875 bits per heavy atom. The number of aryl methyl sites for hydroxylation is 1. The summed E-state index contributed by atoms with van der Waals surface area (Å²) in [6, 6.07) is 16.4. The highest BCUT2D eigenvalue weighted by molar-refractivity contribution is 7.81. The molecule has 0 spiro atoms. The summed E-state index contributed by atoms with van der Waals surface area (Å²) >= 11 is 11.7. The minimum absolute atomic E-state index is 0.0527. The van der Waals surface area contributed by atoms with Crippen molar-refractivity contribution in [2.75, 3.05) is 69.6 Å². The standard InChI is InChI=1S/C18H27N3O3S.C15H21N3O3S2/c1-3-14-5-7-15(8-6-14)18(24)21(11-9-19-16(22)4-2)12-10-20-17(23)13-25;19-13(10-22)16-6-8-18(9-7-17-14(20)11-23)15(21)12-4-2-1-3-5-12/h5-8,25H,3-4,9-13H2,1-2H3,(H,19,22)(H,20,23);1-5,22-23H,6-11H2,(H,16,19)(H,17,20). The lowest BCUT2D eigenvalue weighted by Gasteiger charge is -2.23. The van der Waals surface area contributed by atoms with Gasteiger partial charge in [-0.15, -0.1) is 0 Å². The van der Waals surface area contributed by atoms with E-state index in [4.69, 9.17) is 0 Å². The molecule has 0 saturated heterocycles. The van der Waals surface area contributed by atoms with Crippen molar-refractivity contribution in [1.82, 2.24) is 31.1 Å². The van der Waals surface area contributed by atoms with Crippen molar-refractivity contribution < 1.29 is 28.8 Å². The molecule has 0 bridgehead atoms. The topological polar surface area (TPSA) is 157 Å². The van der Waals surface area contributed by atoms with E-state index >= 15 is 0 Å². The van der Waals surface area contributed by atoms with E-state index in [1.54, 1.807) is 41.0 Å². The van der Waals surface area contributed by atoms with Crippen molar-refractivity contribution in [3.8, 4) is 0 Å². The highest BCUT2D eigenvalue weighted by Crippen LogP contribution is 2.08. The molecule has 0 aliphatic rings. The fourth-order valence-electron chi connectivity index (χ4n) is 4.07. The first-order valence-corrected chi connectivity index (χ1v) is 17.6. The maximum Gasteiger partial charge on any atom is 0.253 e. The molecular formula is C33H48N6O6S3. The molecule has 2 aromatic rings. The Labute approximate surface area is 299 Å². The molecule has 15 heteroatoms. The van der Waals surface area contributed by atoms with Crippen molar-refractivity contribution in [3.63, 3.8) is 0 Å². The van der Waals surface area contributed by atoms with E-state index in [1.807, 2.05) is 30.3 Å². The molecule has 12 nitrogen and oxygen atoms in total. The van der Waals surface area contributed by atoms with Crippen LogP contribution in [0.2, 0.25) is 0 Å². The van der Waals surface area contributed by atoms with Gasteiger partial charge in [-0.3, -0.25) is 28.8 Å². The van der Waals surface area contributed by atoms with E-state index in [1.165, 1.54) is 5.56 Å². The number of nitrogens with one attached hydrogen (secondary N) is 4. The Hall–Kier alpha value is -3.69. The molecule has 0 aromatic heterocycles. The van der Waals surface area contributed by atoms with Crippen molar-refractivity contribution in [2.24, 2.45) is 0 Å². The van der Waals surface area contributed by atoms with E-state index in [2.05, 4.69) is 66.1 Å². The summed E-state index contributed by atoms with van der Waals surface area (Å²) in [5, 5.41) is 10.8. The molecule has 0 aliphatic heterocycles. The zero-order valence-electron chi connectivity index (χ0n) is 27.6. The molecule has 0 radical (unpaired) electrons. The van der Waals surface area contributed by atoms with Crippen LogP contribution in [0.1, 0.15) is 46.5 Å². The Bertz CT molecular complexity index is 1260. The number of hydrogen-bond donors (Lipinski definition) is 7. The third kappa shape index (κ3) is 17.5. The van der Waals surface area contributed by atoms with Gasteiger partial charge < -0.3 is 31.1 Å². The number of nitrogens with zero attached hydrogens (tertiary/aromatic N) is 2. The van der Waals surface area contributed by atoms with Crippen LogP contribution >= 0.6 is 37.9 Å². The second-order valence-corrected chi connectivity index (χ2v) is 11.2. The summed E-state index contributed by atoms with van der Waals surface area (Å²) in [4.78, 5) is 73.6.